The fourth-order valence-corrected chi connectivity index (χ4v) is 2.28. The molecule has 2 rings (SSSR count). The number of methoxy groups -OCH3 is 1. The number of hydrogen-bond donors (Lipinski definition) is 0. The van der Waals surface area contributed by atoms with E-state index < -0.39 is 5.60 Å². The Balaban J connectivity index is 1.96. The van der Waals surface area contributed by atoms with Crippen molar-refractivity contribution in [3.05, 3.63) is 35.9 Å². The summed E-state index contributed by atoms with van der Waals surface area (Å²) in [4.78, 5) is 23.4. The van der Waals surface area contributed by atoms with Gasteiger partial charge < -0.3 is 9.47 Å². The second-order valence-corrected chi connectivity index (χ2v) is 4.80. The number of benzene rings is 1. The van der Waals surface area contributed by atoms with Crippen molar-refractivity contribution >= 4 is 11.8 Å². The minimum atomic E-state index is -0.942. The fourth-order valence-electron chi connectivity index (χ4n) is 2.28. The summed E-state index contributed by atoms with van der Waals surface area (Å²) in [6, 6.07) is 9.51. The lowest BCUT2D eigenvalue weighted by Gasteiger charge is -2.32. The fraction of sp³-hybridized carbons (Fsp3) is 0.467. The molecule has 0 heterocycles. The molecule has 1 aromatic rings. The van der Waals surface area contributed by atoms with Crippen molar-refractivity contribution < 1.29 is 19.1 Å². The van der Waals surface area contributed by atoms with Crippen LogP contribution >= 0.6 is 0 Å². The molecule has 0 spiro atoms. The van der Waals surface area contributed by atoms with Gasteiger partial charge in [0.25, 0.3) is 0 Å². The first-order valence-corrected chi connectivity index (χ1v) is 6.44. The van der Waals surface area contributed by atoms with Gasteiger partial charge >= 0.3 is 5.97 Å². The number of ketones is 1. The van der Waals surface area contributed by atoms with Crippen molar-refractivity contribution in [2.45, 2.75) is 37.9 Å². The van der Waals surface area contributed by atoms with Crippen LogP contribution in [0.2, 0.25) is 0 Å². The van der Waals surface area contributed by atoms with Crippen LogP contribution in [0.3, 0.4) is 0 Å². The highest BCUT2D eigenvalue weighted by molar-refractivity contribution is 5.86. The molecule has 0 aromatic heterocycles. The minimum Gasteiger partial charge on any atom is -0.459 e. The molecular formula is C15H18O4. The van der Waals surface area contributed by atoms with Crippen molar-refractivity contribution in [3.63, 3.8) is 0 Å². The maximum absolute atomic E-state index is 12.2. The van der Waals surface area contributed by atoms with Gasteiger partial charge in [0, 0.05) is 20.0 Å². The third-order valence-electron chi connectivity index (χ3n) is 3.59. The molecule has 0 bridgehead atoms. The normalized spacial score (nSPS) is 18.1. The first-order chi connectivity index (χ1) is 9.16. The van der Waals surface area contributed by atoms with Crippen LogP contribution in [0.15, 0.2) is 30.3 Å². The van der Waals surface area contributed by atoms with E-state index >= 15 is 0 Å². The minimum absolute atomic E-state index is 0.184. The number of ether oxygens (including phenoxy) is 2. The number of esters is 1. The van der Waals surface area contributed by atoms with Gasteiger partial charge in [0.2, 0.25) is 0 Å². The summed E-state index contributed by atoms with van der Waals surface area (Å²) in [5.41, 5.74) is -0.00290. The van der Waals surface area contributed by atoms with Gasteiger partial charge in [0.1, 0.15) is 12.4 Å². The lowest BCUT2D eigenvalue weighted by Crippen LogP contribution is -2.45. The van der Waals surface area contributed by atoms with Crippen LogP contribution in [0.4, 0.5) is 0 Å². The van der Waals surface area contributed by atoms with E-state index in [1.165, 1.54) is 7.11 Å². The highest BCUT2D eigenvalue weighted by atomic mass is 16.6. The van der Waals surface area contributed by atoms with E-state index in [1.807, 2.05) is 30.3 Å². The predicted octanol–water partition coefficient (Wildman–Crippen LogP) is 2.26. The van der Waals surface area contributed by atoms with Crippen molar-refractivity contribution in [3.8, 4) is 0 Å². The van der Waals surface area contributed by atoms with E-state index in [-0.39, 0.29) is 18.4 Å². The quantitative estimate of drug-likeness (QED) is 0.781. The average molecular weight is 262 g/mol. The van der Waals surface area contributed by atoms with Crippen LogP contribution in [0, 0.1) is 0 Å². The molecule has 102 valence electrons. The Bertz CT molecular complexity index is 442. The van der Waals surface area contributed by atoms with Crippen molar-refractivity contribution in [2.24, 2.45) is 0 Å². The molecule has 4 nitrogen and oxygen atoms in total. The van der Waals surface area contributed by atoms with Crippen LogP contribution < -0.4 is 0 Å². The van der Waals surface area contributed by atoms with Crippen LogP contribution in [0.1, 0.15) is 31.2 Å². The highest BCUT2D eigenvalue weighted by Gasteiger charge is 2.43. The van der Waals surface area contributed by atoms with E-state index in [9.17, 15) is 9.59 Å². The summed E-state index contributed by atoms with van der Waals surface area (Å²) in [6.07, 6.45) is 1.59. The lowest BCUT2D eigenvalue weighted by atomic mass is 9.84. The molecular weight excluding hydrogens is 244 g/mol. The molecule has 0 amide bonds. The Kier molecular flexibility index (Phi) is 4.32. The summed E-state index contributed by atoms with van der Waals surface area (Å²) < 4.78 is 10.7. The van der Waals surface area contributed by atoms with E-state index in [0.29, 0.717) is 25.7 Å². The van der Waals surface area contributed by atoms with Gasteiger partial charge in [-0.1, -0.05) is 30.3 Å². The zero-order chi connectivity index (χ0) is 13.7. The third kappa shape index (κ3) is 3.20. The topological polar surface area (TPSA) is 52.6 Å². The van der Waals surface area contributed by atoms with E-state index in [2.05, 4.69) is 0 Å². The first-order valence-electron chi connectivity index (χ1n) is 6.44. The number of carbonyl (C=O) groups is 2. The molecule has 0 N–H and O–H groups in total. The molecule has 0 unspecified atom stereocenters. The van der Waals surface area contributed by atoms with Gasteiger partial charge in [-0.3, -0.25) is 4.79 Å². The Hall–Kier alpha value is -1.68. The molecule has 4 heteroatoms. The molecule has 19 heavy (non-hydrogen) atoms. The summed E-state index contributed by atoms with van der Waals surface area (Å²) in [7, 11) is 1.50. The second-order valence-electron chi connectivity index (χ2n) is 4.80. The van der Waals surface area contributed by atoms with Gasteiger partial charge in [0.05, 0.1) is 0 Å². The summed E-state index contributed by atoms with van der Waals surface area (Å²) in [5.74, 6) is -0.185. The number of hydrogen-bond acceptors (Lipinski definition) is 4. The molecule has 1 aliphatic rings. The van der Waals surface area contributed by atoms with Gasteiger partial charge in [-0.15, -0.1) is 0 Å². The monoisotopic (exact) mass is 262 g/mol. The number of carbonyl (C=O) groups excluding carboxylic acids is 2. The first kappa shape index (κ1) is 13.7. The van der Waals surface area contributed by atoms with E-state index in [4.69, 9.17) is 9.47 Å². The maximum atomic E-state index is 12.2. The van der Waals surface area contributed by atoms with Crippen LogP contribution in [0.25, 0.3) is 0 Å². The van der Waals surface area contributed by atoms with E-state index in [1.54, 1.807) is 0 Å². The standard InChI is InChI=1S/C15H18O4/c1-18-15(9-7-13(16)8-10-15)14(17)19-11-12-5-3-2-4-6-12/h2-6H,7-11H2,1H3. The summed E-state index contributed by atoms with van der Waals surface area (Å²) in [5, 5.41) is 0. The van der Waals surface area contributed by atoms with Crippen LogP contribution in [-0.2, 0) is 25.7 Å². The van der Waals surface area contributed by atoms with E-state index in [0.717, 1.165) is 5.56 Å². The van der Waals surface area contributed by atoms with Crippen molar-refractivity contribution in [1.29, 1.82) is 0 Å². The maximum Gasteiger partial charge on any atom is 0.338 e. The van der Waals surface area contributed by atoms with Crippen LogP contribution in [-0.4, -0.2) is 24.5 Å². The second kappa shape index (κ2) is 5.97. The molecule has 1 saturated carbocycles. The Labute approximate surface area is 112 Å². The van der Waals surface area contributed by atoms with Crippen molar-refractivity contribution in [2.75, 3.05) is 7.11 Å². The van der Waals surface area contributed by atoms with Gasteiger partial charge in [0.15, 0.2) is 5.60 Å². The Morgan fingerprint density at radius 3 is 2.42 bits per heavy atom. The van der Waals surface area contributed by atoms with Crippen molar-refractivity contribution in [1.82, 2.24) is 0 Å². The molecule has 1 aliphatic carbocycles. The van der Waals surface area contributed by atoms with Gasteiger partial charge in [-0.2, -0.15) is 0 Å². The molecule has 0 aliphatic heterocycles. The molecule has 0 saturated heterocycles. The molecule has 0 atom stereocenters. The van der Waals surface area contributed by atoms with Crippen LogP contribution in [0.5, 0.6) is 0 Å². The average Bonchev–Trinajstić information content (AvgIpc) is 2.47. The van der Waals surface area contributed by atoms with Gasteiger partial charge in [-0.05, 0) is 18.4 Å². The lowest BCUT2D eigenvalue weighted by molar-refractivity contribution is -0.175. The van der Waals surface area contributed by atoms with Gasteiger partial charge in [-0.25, -0.2) is 4.79 Å². The molecule has 0 radical (unpaired) electrons. The summed E-state index contributed by atoms with van der Waals surface area (Å²) in [6.45, 7) is 0.235. The zero-order valence-electron chi connectivity index (χ0n) is 11.1. The molecule has 1 aromatic carbocycles. The highest BCUT2D eigenvalue weighted by Crippen LogP contribution is 2.31. The predicted molar refractivity (Wildman–Crippen MR) is 69.5 cm³/mol. The molecule has 1 fully saturated rings. The largest absolute Gasteiger partial charge is 0.459 e. The number of rotatable bonds is 4. The number of Topliss-reactive ketones (excluding diaryl/α,β-unsaturated/α-hetero) is 1. The smallest absolute Gasteiger partial charge is 0.338 e. The Morgan fingerprint density at radius 1 is 1.21 bits per heavy atom. The third-order valence-corrected chi connectivity index (χ3v) is 3.59. The zero-order valence-corrected chi connectivity index (χ0v) is 11.1. The Morgan fingerprint density at radius 2 is 1.84 bits per heavy atom. The summed E-state index contributed by atoms with van der Waals surface area (Å²) >= 11 is 0. The SMILES string of the molecule is COC1(C(=O)OCc2ccccc2)CCC(=O)CC1.